The van der Waals surface area contributed by atoms with Crippen LogP contribution in [0.4, 0.5) is 0 Å². The number of fused-ring (bicyclic) bond motifs is 1. The lowest BCUT2D eigenvalue weighted by molar-refractivity contribution is 0.394. The van der Waals surface area contributed by atoms with Crippen LogP contribution in [0.5, 0.6) is 11.5 Å². The number of aromatic nitrogens is 2. The van der Waals surface area contributed by atoms with Gasteiger partial charge in [-0.05, 0) is 24.3 Å². The molecule has 5 nitrogen and oxygen atoms in total. The summed E-state index contributed by atoms with van der Waals surface area (Å²) >= 11 is 12.5. The minimum Gasteiger partial charge on any atom is -0.494 e. The largest absolute Gasteiger partial charge is 0.494 e. The van der Waals surface area contributed by atoms with Crippen molar-refractivity contribution in [3.8, 4) is 17.6 Å². The van der Waals surface area contributed by atoms with E-state index in [2.05, 4.69) is 16.0 Å². The Hall–Kier alpha value is -2.68. The summed E-state index contributed by atoms with van der Waals surface area (Å²) in [5, 5.41) is 10.1. The molecule has 1 heterocycles. The van der Waals surface area contributed by atoms with Gasteiger partial charge in [-0.3, -0.25) is 0 Å². The quantitative estimate of drug-likeness (QED) is 0.656. The topological polar surface area (TPSA) is 70.9 Å². The van der Waals surface area contributed by atoms with E-state index in [1.807, 2.05) is 24.3 Å². The van der Waals surface area contributed by atoms with Gasteiger partial charge in [0.2, 0.25) is 0 Å². The first-order valence-corrected chi connectivity index (χ1v) is 8.01. The molecule has 0 unspecified atom stereocenters. The highest BCUT2D eigenvalue weighted by Crippen LogP contribution is 2.43. The number of nitrogens with one attached hydrogen (secondary N) is 1. The second kappa shape index (κ2) is 7.06. The van der Waals surface area contributed by atoms with E-state index in [1.165, 1.54) is 14.2 Å². The number of allylic oxidation sites excluding steroid dienone is 1. The van der Waals surface area contributed by atoms with Crippen LogP contribution in [0.25, 0.3) is 22.7 Å². The molecule has 0 bridgehead atoms. The normalized spacial score (nSPS) is 11.4. The Balaban J connectivity index is 2.16. The van der Waals surface area contributed by atoms with E-state index in [1.54, 1.807) is 12.1 Å². The fourth-order valence-corrected chi connectivity index (χ4v) is 3.20. The summed E-state index contributed by atoms with van der Waals surface area (Å²) in [5.41, 5.74) is 2.50. The summed E-state index contributed by atoms with van der Waals surface area (Å²) in [4.78, 5) is 7.56. The van der Waals surface area contributed by atoms with Crippen LogP contribution in [0.15, 0.2) is 30.3 Å². The number of ether oxygens (including phenoxy) is 2. The molecule has 3 rings (SSSR count). The number of rotatable bonds is 4. The van der Waals surface area contributed by atoms with Crippen molar-refractivity contribution in [1.82, 2.24) is 9.97 Å². The summed E-state index contributed by atoms with van der Waals surface area (Å²) in [6.45, 7) is 0. The van der Waals surface area contributed by atoms with Gasteiger partial charge < -0.3 is 14.5 Å². The summed E-state index contributed by atoms with van der Waals surface area (Å²) in [6, 6.07) is 11.3. The van der Waals surface area contributed by atoms with Gasteiger partial charge in [0.1, 0.15) is 22.7 Å². The van der Waals surface area contributed by atoms with Crippen molar-refractivity contribution in [3.05, 3.63) is 51.8 Å². The second-order valence-electron chi connectivity index (χ2n) is 5.10. The lowest BCUT2D eigenvalue weighted by Gasteiger charge is -2.13. The summed E-state index contributed by atoms with van der Waals surface area (Å²) in [5.74, 6) is 1.14. The summed E-state index contributed by atoms with van der Waals surface area (Å²) < 4.78 is 10.5. The molecule has 3 aromatic rings. The Morgan fingerprint density at radius 2 is 1.92 bits per heavy atom. The zero-order valence-corrected chi connectivity index (χ0v) is 14.9. The first-order valence-electron chi connectivity index (χ1n) is 7.26. The molecule has 0 aliphatic carbocycles. The molecule has 0 saturated carbocycles. The standard InChI is InChI=1S/C18H13Cl2N3O2/c1-24-16-10(8-12(19)17(25-2)15(16)20)7-11(9-21)18-22-13-5-3-4-6-14(13)23-18/h3-8H,1-2H3,(H,22,23)/b11-7-. The first-order chi connectivity index (χ1) is 12.1. The molecule has 1 aromatic heterocycles. The van der Waals surface area contributed by atoms with E-state index >= 15 is 0 Å². The van der Waals surface area contributed by atoms with Crippen molar-refractivity contribution in [2.75, 3.05) is 14.2 Å². The number of aromatic amines is 1. The Labute approximate surface area is 154 Å². The molecule has 25 heavy (non-hydrogen) atoms. The Morgan fingerprint density at radius 3 is 2.56 bits per heavy atom. The highest BCUT2D eigenvalue weighted by Gasteiger charge is 2.18. The van der Waals surface area contributed by atoms with Gasteiger partial charge in [-0.1, -0.05) is 35.3 Å². The fourth-order valence-electron chi connectivity index (χ4n) is 2.49. The SMILES string of the molecule is COc1c(Cl)cc(/C=C(/C#N)c2nc3ccccc3[nH]2)c(OC)c1Cl. The van der Waals surface area contributed by atoms with Gasteiger partial charge in [-0.25, -0.2) is 4.98 Å². The van der Waals surface area contributed by atoms with Gasteiger partial charge in [0.15, 0.2) is 5.75 Å². The minimum absolute atomic E-state index is 0.241. The number of methoxy groups -OCH3 is 2. The van der Waals surface area contributed by atoms with Gasteiger partial charge in [-0.15, -0.1) is 0 Å². The van der Waals surface area contributed by atoms with Crippen LogP contribution < -0.4 is 9.47 Å². The number of para-hydroxylation sites is 2. The first kappa shape index (κ1) is 17.2. The van der Waals surface area contributed by atoms with Crippen molar-refractivity contribution in [3.63, 3.8) is 0 Å². The molecular weight excluding hydrogens is 361 g/mol. The second-order valence-corrected chi connectivity index (χ2v) is 5.89. The number of hydrogen-bond acceptors (Lipinski definition) is 4. The fraction of sp³-hybridized carbons (Fsp3) is 0.111. The van der Waals surface area contributed by atoms with Crippen LogP contribution in [-0.4, -0.2) is 24.2 Å². The van der Waals surface area contributed by atoms with Gasteiger partial charge in [0, 0.05) is 5.56 Å². The molecule has 2 aromatic carbocycles. The van der Waals surface area contributed by atoms with Crippen LogP contribution >= 0.6 is 23.2 Å². The van der Waals surface area contributed by atoms with Crippen molar-refractivity contribution in [2.24, 2.45) is 0 Å². The van der Waals surface area contributed by atoms with E-state index in [0.717, 1.165) is 11.0 Å². The van der Waals surface area contributed by atoms with Crippen LogP contribution in [0.1, 0.15) is 11.4 Å². The Morgan fingerprint density at radius 1 is 1.20 bits per heavy atom. The molecule has 0 fully saturated rings. The van der Waals surface area contributed by atoms with Gasteiger partial charge in [0.05, 0.1) is 35.8 Å². The third kappa shape index (κ3) is 3.14. The zero-order valence-electron chi connectivity index (χ0n) is 13.4. The number of H-pyrrole nitrogens is 1. The average molecular weight is 374 g/mol. The number of nitriles is 1. The van der Waals surface area contributed by atoms with Crippen molar-refractivity contribution < 1.29 is 9.47 Å². The minimum atomic E-state index is 0.241. The highest BCUT2D eigenvalue weighted by molar-refractivity contribution is 6.38. The molecule has 0 spiro atoms. The Kier molecular flexibility index (Phi) is 4.84. The molecule has 0 aliphatic rings. The predicted molar refractivity (Wildman–Crippen MR) is 99.1 cm³/mol. The molecule has 0 saturated heterocycles. The molecule has 0 amide bonds. The van der Waals surface area contributed by atoms with Crippen molar-refractivity contribution >= 4 is 45.9 Å². The van der Waals surface area contributed by atoms with Crippen LogP contribution in [-0.2, 0) is 0 Å². The monoisotopic (exact) mass is 373 g/mol. The zero-order chi connectivity index (χ0) is 18.0. The summed E-state index contributed by atoms with van der Waals surface area (Å²) in [6.07, 6.45) is 1.62. The Bertz CT molecular complexity index is 986. The molecule has 1 N–H and O–H groups in total. The van der Waals surface area contributed by atoms with Gasteiger partial charge >= 0.3 is 0 Å². The smallest absolute Gasteiger partial charge is 0.159 e. The molecule has 126 valence electrons. The molecule has 0 radical (unpaired) electrons. The van der Waals surface area contributed by atoms with Crippen LogP contribution in [0.2, 0.25) is 10.0 Å². The van der Waals surface area contributed by atoms with E-state index in [4.69, 9.17) is 32.7 Å². The average Bonchev–Trinajstić information content (AvgIpc) is 3.03. The van der Waals surface area contributed by atoms with Crippen LogP contribution in [0, 0.1) is 11.3 Å². The van der Waals surface area contributed by atoms with E-state index < -0.39 is 0 Å². The summed E-state index contributed by atoms with van der Waals surface area (Å²) in [7, 11) is 2.95. The maximum absolute atomic E-state index is 9.56. The van der Waals surface area contributed by atoms with E-state index in [-0.39, 0.29) is 5.02 Å². The van der Waals surface area contributed by atoms with Gasteiger partial charge in [0.25, 0.3) is 0 Å². The molecule has 7 heteroatoms. The molecular formula is C18H13Cl2N3O2. The molecule has 0 atom stereocenters. The van der Waals surface area contributed by atoms with E-state index in [0.29, 0.717) is 33.5 Å². The predicted octanol–water partition coefficient (Wildman–Crippen LogP) is 4.95. The highest BCUT2D eigenvalue weighted by atomic mass is 35.5. The number of imidazole rings is 1. The third-order valence-corrected chi connectivity index (χ3v) is 4.26. The number of hydrogen-bond donors (Lipinski definition) is 1. The maximum atomic E-state index is 9.56. The van der Waals surface area contributed by atoms with Crippen LogP contribution in [0.3, 0.4) is 0 Å². The lowest BCUT2D eigenvalue weighted by Crippen LogP contribution is -1.94. The third-order valence-electron chi connectivity index (χ3n) is 3.63. The van der Waals surface area contributed by atoms with Gasteiger partial charge in [-0.2, -0.15) is 5.26 Å². The molecule has 0 aliphatic heterocycles. The number of benzene rings is 2. The lowest BCUT2D eigenvalue weighted by atomic mass is 10.1. The van der Waals surface area contributed by atoms with E-state index in [9.17, 15) is 5.26 Å². The van der Waals surface area contributed by atoms with Crippen molar-refractivity contribution in [2.45, 2.75) is 0 Å². The number of halogens is 2. The van der Waals surface area contributed by atoms with Crippen molar-refractivity contribution in [1.29, 1.82) is 5.26 Å². The maximum Gasteiger partial charge on any atom is 0.159 e. The number of nitrogens with zero attached hydrogens (tertiary/aromatic N) is 2.